The molecule has 152 valence electrons. The molecule has 2 aromatic rings. The van der Waals surface area contributed by atoms with Gasteiger partial charge in [0.05, 0.1) is 11.4 Å². The SMILES string of the molecule is CCCCN(C)S(=O)(=O)c1ccc(NCC(=O)Nc2c(F)cccc2F)cc1. The minimum absolute atomic E-state index is 0.148. The number of nitrogens with zero attached hydrogens (tertiary/aromatic N) is 1. The zero-order valence-corrected chi connectivity index (χ0v) is 16.5. The molecular formula is C19H23F2N3O3S. The Morgan fingerprint density at radius 3 is 2.25 bits per heavy atom. The average Bonchev–Trinajstić information content (AvgIpc) is 2.67. The number of anilines is 2. The van der Waals surface area contributed by atoms with E-state index in [0.29, 0.717) is 12.2 Å². The molecule has 0 spiro atoms. The first-order valence-electron chi connectivity index (χ1n) is 8.80. The summed E-state index contributed by atoms with van der Waals surface area (Å²) in [5.41, 5.74) is -0.00910. The van der Waals surface area contributed by atoms with E-state index in [4.69, 9.17) is 0 Å². The third kappa shape index (κ3) is 5.49. The molecule has 0 aromatic heterocycles. The summed E-state index contributed by atoms with van der Waals surface area (Å²) in [6, 6.07) is 9.22. The lowest BCUT2D eigenvalue weighted by Crippen LogP contribution is -2.28. The predicted octanol–water partition coefficient (Wildman–Crippen LogP) is 3.44. The molecule has 0 radical (unpaired) electrons. The van der Waals surface area contributed by atoms with E-state index in [2.05, 4.69) is 10.6 Å². The Labute approximate surface area is 163 Å². The Kier molecular flexibility index (Phi) is 7.47. The third-order valence-electron chi connectivity index (χ3n) is 4.07. The van der Waals surface area contributed by atoms with Gasteiger partial charge in [-0.3, -0.25) is 4.79 Å². The molecule has 1 amide bonds. The van der Waals surface area contributed by atoms with Crippen molar-refractivity contribution in [2.75, 3.05) is 30.8 Å². The van der Waals surface area contributed by atoms with Gasteiger partial charge in [0, 0.05) is 19.3 Å². The highest BCUT2D eigenvalue weighted by atomic mass is 32.2. The molecule has 0 atom stereocenters. The first-order valence-corrected chi connectivity index (χ1v) is 10.2. The van der Waals surface area contributed by atoms with Crippen LogP contribution in [0, 0.1) is 11.6 Å². The van der Waals surface area contributed by atoms with Crippen LogP contribution in [0.15, 0.2) is 47.4 Å². The third-order valence-corrected chi connectivity index (χ3v) is 5.94. The molecule has 0 aliphatic carbocycles. The predicted molar refractivity (Wildman–Crippen MR) is 105 cm³/mol. The second-order valence-corrected chi connectivity index (χ2v) is 8.25. The Morgan fingerprint density at radius 1 is 1.07 bits per heavy atom. The number of hydrogen-bond acceptors (Lipinski definition) is 4. The van der Waals surface area contributed by atoms with E-state index in [1.165, 1.54) is 41.7 Å². The van der Waals surface area contributed by atoms with Gasteiger partial charge in [-0.2, -0.15) is 0 Å². The number of halogens is 2. The van der Waals surface area contributed by atoms with Crippen molar-refractivity contribution in [2.45, 2.75) is 24.7 Å². The fourth-order valence-electron chi connectivity index (χ4n) is 2.41. The average molecular weight is 411 g/mol. The molecule has 0 fully saturated rings. The van der Waals surface area contributed by atoms with E-state index < -0.39 is 33.3 Å². The first-order chi connectivity index (χ1) is 13.3. The molecule has 0 unspecified atom stereocenters. The summed E-state index contributed by atoms with van der Waals surface area (Å²) in [5.74, 6) is -2.37. The Bertz CT molecular complexity index is 898. The Morgan fingerprint density at radius 2 is 1.68 bits per heavy atom. The van der Waals surface area contributed by atoms with Crippen LogP contribution in [0.5, 0.6) is 0 Å². The number of hydrogen-bond donors (Lipinski definition) is 2. The molecule has 0 saturated heterocycles. The lowest BCUT2D eigenvalue weighted by atomic mass is 10.3. The normalized spacial score (nSPS) is 11.5. The molecule has 2 aromatic carbocycles. The van der Waals surface area contributed by atoms with E-state index in [9.17, 15) is 22.0 Å². The summed E-state index contributed by atoms with van der Waals surface area (Å²) in [7, 11) is -2.04. The van der Waals surface area contributed by atoms with Crippen LogP contribution in [0.3, 0.4) is 0 Å². The number of rotatable bonds is 9. The summed E-state index contributed by atoms with van der Waals surface area (Å²) in [4.78, 5) is 12.0. The monoisotopic (exact) mass is 411 g/mol. The largest absolute Gasteiger partial charge is 0.376 e. The number of carbonyl (C=O) groups excluding carboxylic acids is 1. The highest BCUT2D eigenvalue weighted by Gasteiger charge is 2.20. The minimum atomic E-state index is -3.57. The van der Waals surface area contributed by atoms with Crippen molar-refractivity contribution in [1.82, 2.24) is 4.31 Å². The van der Waals surface area contributed by atoms with E-state index >= 15 is 0 Å². The summed E-state index contributed by atoms with van der Waals surface area (Å²) in [6.07, 6.45) is 1.66. The van der Waals surface area contributed by atoms with Gasteiger partial charge in [-0.15, -0.1) is 0 Å². The topological polar surface area (TPSA) is 78.5 Å². The van der Waals surface area contributed by atoms with Crippen molar-refractivity contribution in [2.24, 2.45) is 0 Å². The number of para-hydroxylation sites is 1. The molecule has 0 heterocycles. The van der Waals surface area contributed by atoms with Crippen molar-refractivity contribution in [3.63, 3.8) is 0 Å². The standard InChI is InChI=1S/C19H23F2N3O3S/c1-3-4-12-24(2)28(26,27)15-10-8-14(9-11-15)22-13-18(25)23-19-16(20)6-5-7-17(19)21/h5-11,22H,3-4,12-13H2,1-2H3,(H,23,25). The summed E-state index contributed by atoms with van der Waals surface area (Å²) >= 11 is 0. The van der Waals surface area contributed by atoms with Crippen molar-refractivity contribution in [3.8, 4) is 0 Å². The van der Waals surface area contributed by atoms with Crippen molar-refractivity contribution in [3.05, 3.63) is 54.1 Å². The Balaban J connectivity index is 1.96. The number of carbonyl (C=O) groups is 1. The molecule has 2 N–H and O–H groups in total. The maximum absolute atomic E-state index is 13.5. The van der Waals surface area contributed by atoms with Gasteiger partial charge in [0.25, 0.3) is 0 Å². The number of amides is 1. The maximum atomic E-state index is 13.5. The van der Waals surface area contributed by atoms with Gasteiger partial charge in [0.1, 0.15) is 17.3 Å². The van der Waals surface area contributed by atoms with E-state index in [1.54, 1.807) is 0 Å². The van der Waals surface area contributed by atoms with Gasteiger partial charge in [-0.25, -0.2) is 21.5 Å². The number of sulfonamides is 1. The number of unbranched alkanes of at least 4 members (excludes halogenated alkanes) is 1. The van der Waals surface area contributed by atoms with Gasteiger partial charge >= 0.3 is 0 Å². The molecule has 0 aliphatic heterocycles. The van der Waals surface area contributed by atoms with Crippen molar-refractivity contribution in [1.29, 1.82) is 0 Å². The van der Waals surface area contributed by atoms with Gasteiger partial charge in [0.2, 0.25) is 15.9 Å². The van der Waals surface area contributed by atoms with Crippen LogP contribution >= 0.6 is 0 Å². The second-order valence-electron chi connectivity index (χ2n) is 6.20. The van der Waals surface area contributed by atoms with Gasteiger partial charge in [0.15, 0.2) is 0 Å². The first kappa shape index (κ1) is 21.8. The molecule has 0 saturated carbocycles. The molecule has 6 nitrogen and oxygen atoms in total. The van der Waals surface area contributed by atoms with Crippen LogP contribution in [0.25, 0.3) is 0 Å². The zero-order valence-electron chi connectivity index (χ0n) is 15.7. The van der Waals surface area contributed by atoms with E-state index in [-0.39, 0.29) is 11.4 Å². The van der Waals surface area contributed by atoms with E-state index in [1.807, 2.05) is 6.92 Å². The minimum Gasteiger partial charge on any atom is -0.376 e. The molecule has 9 heteroatoms. The van der Waals surface area contributed by atoms with E-state index in [0.717, 1.165) is 25.0 Å². The van der Waals surface area contributed by atoms with Crippen LogP contribution in [0.1, 0.15) is 19.8 Å². The smallest absolute Gasteiger partial charge is 0.243 e. The van der Waals surface area contributed by atoms with Crippen LogP contribution < -0.4 is 10.6 Å². The fraction of sp³-hybridized carbons (Fsp3) is 0.316. The summed E-state index contributed by atoms with van der Waals surface area (Å²) in [6.45, 7) is 2.18. The van der Waals surface area contributed by atoms with Crippen LogP contribution in [0.4, 0.5) is 20.2 Å². The highest BCUT2D eigenvalue weighted by Crippen LogP contribution is 2.19. The molecule has 0 aliphatic rings. The molecule has 0 bridgehead atoms. The number of nitrogens with one attached hydrogen (secondary N) is 2. The lowest BCUT2D eigenvalue weighted by Gasteiger charge is -2.17. The van der Waals surface area contributed by atoms with Crippen LogP contribution in [0.2, 0.25) is 0 Å². The second kappa shape index (κ2) is 9.61. The van der Waals surface area contributed by atoms with Crippen molar-refractivity contribution >= 4 is 27.3 Å². The van der Waals surface area contributed by atoms with Gasteiger partial charge in [-0.05, 0) is 42.8 Å². The zero-order chi connectivity index (χ0) is 20.7. The quantitative estimate of drug-likeness (QED) is 0.663. The van der Waals surface area contributed by atoms with Crippen LogP contribution in [-0.2, 0) is 14.8 Å². The maximum Gasteiger partial charge on any atom is 0.243 e. The Hall–Kier alpha value is -2.52. The lowest BCUT2D eigenvalue weighted by molar-refractivity contribution is -0.114. The molecular weight excluding hydrogens is 388 g/mol. The van der Waals surface area contributed by atoms with Crippen molar-refractivity contribution < 1.29 is 22.0 Å². The fourth-order valence-corrected chi connectivity index (χ4v) is 3.62. The summed E-state index contributed by atoms with van der Waals surface area (Å²) < 4.78 is 53.3. The highest BCUT2D eigenvalue weighted by molar-refractivity contribution is 7.89. The van der Waals surface area contributed by atoms with Gasteiger partial charge in [-0.1, -0.05) is 19.4 Å². The molecule has 2 rings (SSSR count). The summed E-state index contributed by atoms with van der Waals surface area (Å²) in [5, 5.41) is 4.95. The molecule has 28 heavy (non-hydrogen) atoms. The van der Waals surface area contributed by atoms with Gasteiger partial charge < -0.3 is 10.6 Å². The van der Waals surface area contributed by atoms with Crippen LogP contribution in [-0.4, -0.2) is 38.8 Å². The number of benzene rings is 2.